The molecule has 0 aliphatic heterocycles. The van der Waals surface area contributed by atoms with Gasteiger partial charge in [0.1, 0.15) is 11.6 Å². The van der Waals surface area contributed by atoms with Crippen LogP contribution in [0.3, 0.4) is 0 Å². The molecule has 23 heavy (non-hydrogen) atoms. The highest BCUT2D eigenvalue weighted by atomic mass is 19.1. The van der Waals surface area contributed by atoms with E-state index >= 15 is 0 Å². The van der Waals surface area contributed by atoms with Gasteiger partial charge in [0, 0.05) is 6.21 Å². The average molecular weight is 315 g/mol. The first-order valence-electron chi connectivity index (χ1n) is 7.23. The Kier molecular flexibility index (Phi) is 5.86. The minimum Gasteiger partial charge on any atom is -0.497 e. The van der Waals surface area contributed by atoms with E-state index in [0.717, 1.165) is 11.3 Å². The van der Waals surface area contributed by atoms with Crippen molar-refractivity contribution in [1.29, 1.82) is 0 Å². The number of carbonyl (C=O) groups is 1. The summed E-state index contributed by atoms with van der Waals surface area (Å²) in [6.45, 7) is 1.99. The highest BCUT2D eigenvalue weighted by Crippen LogP contribution is 2.20. The van der Waals surface area contributed by atoms with Crippen LogP contribution in [0.5, 0.6) is 5.75 Å². The van der Waals surface area contributed by atoms with Gasteiger partial charge in [-0.1, -0.05) is 12.1 Å². The van der Waals surface area contributed by atoms with Crippen molar-refractivity contribution in [3.63, 3.8) is 0 Å². The number of hydrogen-bond donors (Lipinski definition) is 0. The van der Waals surface area contributed by atoms with Crippen molar-refractivity contribution >= 4 is 12.2 Å². The first-order valence-corrected chi connectivity index (χ1v) is 7.23. The van der Waals surface area contributed by atoms with Crippen molar-refractivity contribution in [2.45, 2.75) is 13.0 Å². The van der Waals surface area contributed by atoms with Crippen molar-refractivity contribution in [3.05, 3.63) is 65.5 Å². The molecular formula is C18H18FNO3. The van der Waals surface area contributed by atoms with E-state index in [4.69, 9.17) is 9.47 Å². The number of hydrogen-bond acceptors (Lipinski definition) is 4. The molecule has 5 heteroatoms. The zero-order valence-electron chi connectivity index (χ0n) is 13.0. The number of halogens is 1. The van der Waals surface area contributed by atoms with Gasteiger partial charge in [-0.15, -0.1) is 0 Å². The number of ether oxygens (including phenoxy) is 2. The standard InChI is InChI=1S/C18H18FNO3/c1-3-23-18(21)17(14-6-8-15(19)9-7-14)20-12-13-4-10-16(22-2)11-5-13/h4-12,17H,3H2,1-2H3. The maximum Gasteiger partial charge on any atom is 0.335 e. The molecule has 1 atom stereocenters. The number of esters is 1. The lowest BCUT2D eigenvalue weighted by atomic mass is 10.1. The fourth-order valence-electron chi connectivity index (χ4n) is 2.00. The molecule has 1 unspecified atom stereocenters. The molecule has 4 nitrogen and oxygen atoms in total. The van der Waals surface area contributed by atoms with E-state index in [0.29, 0.717) is 5.56 Å². The summed E-state index contributed by atoms with van der Waals surface area (Å²) in [4.78, 5) is 16.4. The van der Waals surface area contributed by atoms with Gasteiger partial charge in [-0.25, -0.2) is 9.18 Å². The Balaban J connectivity index is 2.24. The number of benzene rings is 2. The van der Waals surface area contributed by atoms with Gasteiger partial charge < -0.3 is 9.47 Å². The van der Waals surface area contributed by atoms with Crippen molar-refractivity contribution in [1.82, 2.24) is 0 Å². The Morgan fingerprint density at radius 3 is 2.39 bits per heavy atom. The highest BCUT2D eigenvalue weighted by Gasteiger charge is 2.20. The van der Waals surface area contributed by atoms with Crippen molar-refractivity contribution < 1.29 is 18.7 Å². The molecule has 2 rings (SSSR count). The van der Waals surface area contributed by atoms with Gasteiger partial charge in [0.25, 0.3) is 0 Å². The molecule has 0 amide bonds. The summed E-state index contributed by atoms with van der Waals surface area (Å²) in [5.74, 6) is -0.0954. The molecule has 0 saturated carbocycles. The predicted molar refractivity (Wildman–Crippen MR) is 86.4 cm³/mol. The highest BCUT2D eigenvalue weighted by molar-refractivity contribution is 5.85. The average Bonchev–Trinajstić information content (AvgIpc) is 2.57. The minimum atomic E-state index is -0.822. The largest absolute Gasteiger partial charge is 0.497 e. The van der Waals surface area contributed by atoms with E-state index in [1.54, 1.807) is 32.4 Å². The summed E-state index contributed by atoms with van der Waals surface area (Å²) in [6, 6.07) is 12.1. The summed E-state index contributed by atoms with van der Waals surface area (Å²) in [5.41, 5.74) is 1.40. The third-order valence-corrected chi connectivity index (χ3v) is 3.18. The molecule has 120 valence electrons. The Labute approximate surface area is 134 Å². The third-order valence-electron chi connectivity index (χ3n) is 3.18. The zero-order chi connectivity index (χ0) is 16.7. The molecule has 2 aromatic carbocycles. The number of methoxy groups -OCH3 is 1. The first-order chi connectivity index (χ1) is 11.1. The summed E-state index contributed by atoms with van der Waals surface area (Å²) in [6.07, 6.45) is 1.59. The molecule has 0 saturated heterocycles. The van der Waals surface area contributed by atoms with E-state index in [9.17, 15) is 9.18 Å². The van der Waals surface area contributed by atoms with Gasteiger partial charge in [-0.05, 0) is 54.4 Å². The molecule has 0 radical (unpaired) electrons. The Hall–Kier alpha value is -2.69. The van der Waals surface area contributed by atoms with Crippen LogP contribution in [0.1, 0.15) is 24.1 Å². The second-order valence-corrected chi connectivity index (χ2v) is 4.76. The Morgan fingerprint density at radius 1 is 1.17 bits per heavy atom. The molecular weight excluding hydrogens is 297 g/mol. The van der Waals surface area contributed by atoms with E-state index in [1.165, 1.54) is 24.3 Å². The van der Waals surface area contributed by atoms with Crippen LogP contribution in [0.4, 0.5) is 4.39 Å². The van der Waals surface area contributed by atoms with Crippen LogP contribution in [-0.2, 0) is 9.53 Å². The van der Waals surface area contributed by atoms with Gasteiger partial charge in [-0.2, -0.15) is 0 Å². The number of carbonyl (C=O) groups excluding carboxylic acids is 1. The van der Waals surface area contributed by atoms with E-state index in [-0.39, 0.29) is 12.4 Å². The molecule has 2 aromatic rings. The molecule has 0 spiro atoms. The van der Waals surface area contributed by atoms with Crippen LogP contribution in [0.2, 0.25) is 0 Å². The van der Waals surface area contributed by atoms with Crippen LogP contribution < -0.4 is 4.74 Å². The van der Waals surface area contributed by atoms with Crippen molar-refractivity contribution in [3.8, 4) is 5.75 Å². The summed E-state index contributed by atoms with van der Waals surface area (Å²) in [7, 11) is 1.59. The van der Waals surface area contributed by atoms with Crippen LogP contribution in [0, 0.1) is 5.82 Å². The zero-order valence-corrected chi connectivity index (χ0v) is 13.0. The topological polar surface area (TPSA) is 47.9 Å². The molecule has 0 N–H and O–H groups in total. The number of nitrogens with zero attached hydrogens (tertiary/aromatic N) is 1. The first kappa shape index (κ1) is 16.7. The van der Waals surface area contributed by atoms with Gasteiger partial charge in [0.05, 0.1) is 13.7 Å². The second kappa shape index (κ2) is 8.08. The third kappa shape index (κ3) is 4.64. The van der Waals surface area contributed by atoms with E-state index in [2.05, 4.69) is 4.99 Å². The maximum atomic E-state index is 13.1. The normalized spacial score (nSPS) is 12.1. The van der Waals surface area contributed by atoms with Crippen LogP contribution >= 0.6 is 0 Å². The SMILES string of the molecule is CCOC(=O)C(N=Cc1ccc(OC)cc1)c1ccc(F)cc1. The van der Waals surface area contributed by atoms with Crippen LogP contribution in [0.25, 0.3) is 0 Å². The fraction of sp³-hybridized carbons (Fsp3) is 0.222. The van der Waals surface area contributed by atoms with E-state index in [1.807, 2.05) is 12.1 Å². The molecule has 0 heterocycles. The monoisotopic (exact) mass is 315 g/mol. The summed E-state index contributed by atoms with van der Waals surface area (Å²) in [5, 5.41) is 0. The van der Waals surface area contributed by atoms with Gasteiger partial charge in [0.15, 0.2) is 6.04 Å². The van der Waals surface area contributed by atoms with Gasteiger partial charge in [-0.3, -0.25) is 4.99 Å². The Bertz CT molecular complexity index is 666. The smallest absolute Gasteiger partial charge is 0.335 e. The van der Waals surface area contributed by atoms with Crippen molar-refractivity contribution in [2.24, 2.45) is 4.99 Å². The Morgan fingerprint density at radius 2 is 1.83 bits per heavy atom. The summed E-state index contributed by atoms with van der Waals surface area (Å²) >= 11 is 0. The predicted octanol–water partition coefficient (Wildman–Crippen LogP) is 3.56. The lowest BCUT2D eigenvalue weighted by Crippen LogP contribution is -2.14. The summed E-state index contributed by atoms with van der Waals surface area (Å²) < 4.78 is 23.2. The second-order valence-electron chi connectivity index (χ2n) is 4.76. The molecule has 0 bridgehead atoms. The lowest BCUT2D eigenvalue weighted by Gasteiger charge is -2.11. The van der Waals surface area contributed by atoms with Crippen LogP contribution in [-0.4, -0.2) is 25.9 Å². The van der Waals surface area contributed by atoms with Crippen LogP contribution in [0.15, 0.2) is 53.5 Å². The molecule has 0 fully saturated rings. The molecule has 0 aromatic heterocycles. The van der Waals surface area contributed by atoms with Gasteiger partial charge in [0.2, 0.25) is 0 Å². The minimum absolute atomic E-state index is 0.259. The fourth-order valence-corrected chi connectivity index (χ4v) is 2.00. The molecule has 0 aliphatic rings. The van der Waals surface area contributed by atoms with E-state index < -0.39 is 12.0 Å². The van der Waals surface area contributed by atoms with Gasteiger partial charge >= 0.3 is 5.97 Å². The maximum absolute atomic E-state index is 13.1. The number of aliphatic imine (C=N–C) groups is 1. The quantitative estimate of drug-likeness (QED) is 0.605. The lowest BCUT2D eigenvalue weighted by molar-refractivity contribution is -0.144. The number of rotatable bonds is 6. The van der Waals surface area contributed by atoms with Crippen molar-refractivity contribution in [2.75, 3.05) is 13.7 Å². The molecule has 0 aliphatic carbocycles.